The van der Waals surface area contributed by atoms with Gasteiger partial charge < -0.3 is 15.2 Å². The van der Waals surface area contributed by atoms with E-state index in [0.29, 0.717) is 25.5 Å². The second-order valence-corrected chi connectivity index (χ2v) is 8.98. The molecule has 0 fully saturated rings. The van der Waals surface area contributed by atoms with E-state index in [-0.39, 0.29) is 35.5 Å². The average Bonchev–Trinajstić information content (AvgIpc) is 3.11. The van der Waals surface area contributed by atoms with Crippen molar-refractivity contribution in [2.24, 2.45) is 4.99 Å². The highest BCUT2D eigenvalue weighted by Gasteiger charge is 2.14. The molecule has 0 saturated heterocycles. The van der Waals surface area contributed by atoms with Crippen molar-refractivity contribution < 1.29 is 12.9 Å². The van der Waals surface area contributed by atoms with Crippen molar-refractivity contribution in [2.75, 3.05) is 18.8 Å². The third-order valence-corrected chi connectivity index (χ3v) is 6.18. The van der Waals surface area contributed by atoms with Crippen LogP contribution in [0.4, 0.5) is 0 Å². The molecule has 0 unspecified atom stereocenters. The van der Waals surface area contributed by atoms with Crippen LogP contribution in [-0.4, -0.2) is 38.4 Å². The summed E-state index contributed by atoms with van der Waals surface area (Å²) in [6.45, 7) is 7.82. The summed E-state index contributed by atoms with van der Waals surface area (Å²) in [6.07, 6.45) is 2.10. The van der Waals surface area contributed by atoms with Crippen LogP contribution in [0.2, 0.25) is 0 Å². The Morgan fingerprint density at radius 2 is 1.83 bits per heavy atom. The molecule has 30 heavy (non-hydrogen) atoms. The molecule has 0 aliphatic heterocycles. The van der Waals surface area contributed by atoms with E-state index in [9.17, 15) is 8.42 Å². The smallest absolute Gasteiger partial charge is 0.191 e. The van der Waals surface area contributed by atoms with Gasteiger partial charge in [0.15, 0.2) is 15.8 Å². The molecule has 0 aliphatic carbocycles. The fourth-order valence-electron chi connectivity index (χ4n) is 3.02. The number of hydrogen-bond donors (Lipinski definition) is 2. The maximum Gasteiger partial charge on any atom is 0.191 e. The topological polar surface area (TPSA) is 96.6 Å². The van der Waals surface area contributed by atoms with Crippen molar-refractivity contribution in [3.63, 3.8) is 0 Å². The molecule has 0 atom stereocenters. The molecule has 2 N–H and O–H groups in total. The van der Waals surface area contributed by atoms with Crippen LogP contribution in [0.5, 0.6) is 0 Å². The number of aryl methyl sites for hydroxylation is 2. The first kappa shape index (κ1) is 26.4. The molecule has 168 valence electrons. The van der Waals surface area contributed by atoms with E-state index >= 15 is 0 Å². The number of aromatic nitrogens is 1. The number of guanidine groups is 1. The molecular weight excluding hydrogens is 515 g/mol. The van der Waals surface area contributed by atoms with Crippen molar-refractivity contribution in [1.29, 1.82) is 0 Å². The van der Waals surface area contributed by atoms with E-state index < -0.39 is 9.84 Å². The lowest BCUT2D eigenvalue weighted by Gasteiger charge is -2.11. The highest BCUT2D eigenvalue weighted by molar-refractivity contribution is 14.0. The lowest BCUT2D eigenvalue weighted by atomic mass is 10.1. The maximum absolute atomic E-state index is 12.3. The third kappa shape index (κ3) is 8.63. The quantitative estimate of drug-likeness (QED) is 0.193. The molecule has 0 aliphatic rings. The summed E-state index contributed by atoms with van der Waals surface area (Å²) in [7, 11) is -3.13. The van der Waals surface area contributed by atoms with Gasteiger partial charge in [-0.05, 0) is 25.3 Å². The van der Waals surface area contributed by atoms with Gasteiger partial charge in [0.2, 0.25) is 0 Å². The normalized spacial score (nSPS) is 11.8. The highest BCUT2D eigenvalue weighted by Crippen LogP contribution is 2.16. The van der Waals surface area contributed by atoms with E-state index in [2.05, 4.69) is 20.8 Å². The summed E-state index contributed by atoms with van der Waals surface area (Å²) in [4.78, 5) is 4.62. The zero-order chi connectivity index (χ0) is 21.1. The Hall–Kier alpha value is -1.62. The Morgan fingerprint density at radius 1 is 1.10 bits per heavy atom. The summed E-state index contributed by atoms with van der Waals surface area (Å²) in [6, 6.07) is 9.27. The summed E-state index contributed by atoms with van der Waals surface area (Å²) < 4.78 is 30.0. The number of sulfone groups is 1. The number of hydrogen-bond acceptors (Lipinski definition) is 5. The second-order valence-electron chi connectivity index (χ2n) is 6.79. The molecule has 0 saturated carbocycles. The minimum absolute atomic E-state index is 0. The van der Waals surface area contributed by atoms with Crippen molar-refractivity contribution in [3.05, 3.63) is 52.9 Å². The summed E-state index contributed by atoms with van der Waals surface area (Å²) in [5.41, 5.74) is 2.80. The van der Waals surface area contributed by atoms with E-state index in [1.165, 1.54) is 0 Å². The molecule has 9 heteroatoms. The number of nitrogens with zero attached hydrogens (tertiary/aromatic N) is 2. The standard InChI is InChI=1S/C21H32N4O3S.HI/c1-4-19-18(20(5-2)28-25-19)15-24-21(22-6-3)23-13-10-14-29(26,27)16-17-11-8-7-9-12-17;/h7-9,11-12H,4-6,10,13-16H2,1-3H3,(H2,22,23,24);1H. The average molecular weight is 548 g/mol. The van der Waals surface area contributed by atoms with Gasteiger partial charge >= 0.3 is 0 Å². The molecule has 1 heterocycles. The fourth-order valence-corrected chi connectivity index (χ4v) is 4.44. The first-order valence-corrected chi connectivity index (χ1v) is 12.0. The van der Waals surface area contributed by atoms with Gasteiger partial charge in [-0.1, -0.05) is 49.3 Å². The Bertz CT molecular complexity index is 861. The molecule has 0 amide bonds. The lowest BCUT2D eigenvalue weighted by molar-refractivity contribution is 0.380. The molecule has 1 aromatic carbocycles. The predicted molar refractivity (Wildman–Crippen MR) is 132 cm³/mol. The van der Waals surface area contributed by atoms with Gasteiger partial charge in [0.25, 0.3) is 0 Å². The predicted octanol–water partition coefficient (Wildman–Crippen LogP) is 3.48. The monoisotopic (exact) mass is 548 g/mol. The fraction of sp³-hybridized carbons (Fsp3) is 0.524. The Balaban J connectivity index is 0.00000450. The van der Waals surface area contributed by atoms with E-state index in [1.54, 1.807) is 0 Å². The van der Waals surface area contributed by atoms with E-state index in [1.807, 2.05) is 51.1 Å². The minimum atomic E-state index is -3.13. The van der Waals surface area contributed by atoms with Crippen molar-refractivity contribution in [2.45, 2.75) is 52.3 Å². The Morgan fingerprint density at radius 3 is 2.47 bits per heavy atom. The van der Waals surface area contributed by atoms with Gasteiger partial charge in [-0.15, -0.1) is 24.0 Å². The van der Waals surface area contributed by atoms with E-state index in [0.717, 1.165) is 42.0 Å². The lowest BCUT2D eigenvalue weighted by Crippen LogP contribution is -2.38. The summed E-state index contributed by atoms with van der Waals surface area (Å²) >= 11 is 0. The molecule has 1 aromatic heterocycles. The van der Waals surface area contributed by atoms with Gasteiger partial charge in [0.05, 0.1) is 23.7 Å². The van der Waals surface area contributed by atoms with Crippen LogP contribution in [0, 0.1) is 0 Å². The van der Waals surface area contributed by atoms with Crippen molar-refractivity contribution in [1.82, 2.24) is 15.8 Å². The number of nitrogens with one attached hydrogen (secondary N) is 2. The van der Waals surface area contributed by atoms with Crippen LogP contribution in [0.25, 0.3) is 0 Å². The van der Waals surface area contributed by atoms with Crippen LogP contribution in [0.15, 0.2) is 39.8 Å². The molecule has 0 radical (unpaired) electrons. The first-order valence-electron chi connectivity index (χ1n) is 10.2. The molecule has 2 rings (SSSR count). The molecule has 2 aromatic rings. The zero-order valence-corrected chi connectivity index (χ0v) is 21.1. The molecule has 0 bridgehead atoms. The minimum Gasteiger partial charge on any atom is -0.361 e. The zero-order valence-electron chi connectivity index (χ0n) is 18.0. The number of benzene rings is 1. The van der Waals surface area contributed by atoms with Crippen LogP contribution >= 0.6 is 24.0 Å². The SMILES string of the molecule is CCNC(=NCc1c(CC)noc1CC)NCCCS(=O)(=O)Cc1ccccc1.I. The Labute approximate surface area is 197 Å². The number of halogens is 1. The van der Waals surface area contributed by atoms with Gasteiger partial charge in [-0.3, -0.25) is 0 Å². The highest BCUT2D eigenvalue weighted by atomic mass is 127. The summed E-state index contributed by atoms with van der Waals surface area (Å²) in [5.74, 6) is 1.75. The number of rotatable bonds is 11. The maximum atomic E-state index is 12.3. The molecule has 0 spiro atoms. The van der Waals surface area contributed by atoms with Crippen LogP contribution in [-0.2, 0) is 35.0 Å². The second kappa shape index (κ2) is 13.6. The molecule has 7 nitrogen and oxygen atoms in total. The van der Waals surface area contributed by atoms with Crippen molar-refractivity contribution in [3.8, 4) is 0 Å². The van der Waals surface area contributed by atoms with Crippen LogP contribution in [0.1, 0.15) is 49.8 Å². The first-order chi connectivity index (χ1) is 14.0. The summed E-state index contributed by atoms with van der Waals surface area (Å²) in [5, 5.41) is 10.5. The largest absolute Gasteiger partial charge is 0.361 e. The number of aliphatic imine (C=N–C) groups is 1. The van der Waals surface area contributed by atoms with Gasteiger partial charge in [0, 0.05) is 25.1 Å². The molecular formula is C21H33IN4O3S. The van der Waals surface area contributed by atoms with Gasteiger partial charge in [-0.2, -0.15) is 0 Å². The van der Waals surface area contributed by atoms with Crippen LogP contribution < -0.4 is 10.6 Å². The van der Waals surface area contributed by atoms with Gasteiger partial charge in [0.1, 0.15) is 5.76 Å². The third-order valence-electron chi connectivity index (χ3n) is 4.50. The van der Waals surface area contributed by atoms with E-state index in [4.69, 9.17) is 4.52 Å². The van der Waals surface area contributed by atoms with Gasteiger partial charge in [-0.25, -0.2) is 13.4 Å². The van der Waals surface area contributed by atoms with Crippen molar-refractivity contribution >= 4 is 39.8 Å². The van der Waals surface area contributed by atoms with Crippen LogP contribution in [0.3, 0.4) is 0 Å². The Kier molecular flexibility index (Phi) is 12.0.